The van der Waals surface area contributed by atoms with E-state index in [9.17, 15) is 13.2 Å². The van der Waals surface area contributed by atoms with Gasteiger partial charge in [0.2, 0.25) is 10.0 Å². The van der Waals surface area contributed by atoms with Gasteiger partial charge in [0.15, 0.2) is 10.8 Å². The van der Waals surface area contributed by atoms with E-state index >= 15 is 0 Å². The van der Waals surface area contributed by atoms with Crippen LogP contribution in [0.4, 0.5) is 5.13 Å². The first kappa shape index (κ1) is 14.9. The number of aromatic carboxylic acids is 1. The molecule has 102 valence electrons. The van der Waals surface area contributed by atoms with Gasteiger partial charge in [-0.15, -0.1) is 11.3 Å². The highest BCUT2D eigenvalue weighted by molar-refractivity contribution is 7.89. The lowest BCUT2D eigenvalue weighted by Crippen LogP contribution is -2.29. The van der Waals surface area contributed by atoms with E-state index < -0.39 is 16.0 Å². The first-order valence-electron chi connectivity index (χ1n) is 5.27. The van der Waals surface area contributed by atoms with Crippen LogP contribution in [-0.2, 0) is 10.0 Å². The Morgan fingerprint density at radius 3 is 2.67 bits per heavy atom. The second kappa shape index (κ2) is 6.12. The molecule has 0 saturated carbocycles. The van der Waals surface area contributed by atoms with Crippen LogP contribution in [0.15, 0.2) is 0 Å². The molecule has 0 unspecified atom stereocenters. The molecule has 0 bridgehead atoms. The molecular weight excluding hydrogens is 278 g/mol. The second-order valence-corrected chi connectivity index (χ2v) is 6.60. The van der Waals surface area contributed by atoms with Gasteiger partial charge in [0.05, 0.1) is 5.75 Å². The van der Waals surface area contributed by atoms with Crippen LogP contribution in [0, 0.1) is 6.92 Å². The third-order valence-electron chi connectivity index (χ3n) is 2.01. The first-order valence-corrected chi connectivity index (χ1v) is 7.74. The van der Waals surface area contributed by atoms with E-state index in [0.717, 1.165) is 0 Å². The average Bonchev–Trinajstić information content (AvgIpc) is 2.59. The summed E-state index contributed by atoms with van der Waals surface area (Å²) in [5, 5.41) is 12.0. The molecule has 0 saturated heterocycles. The number of carboxylic acid groups (broad SMARTS) is 1. The van der Waals surface area contributed by atoms with Crippen LogP contribution in [-0.4, -0.2) is 43.3 Å². The molecule has 1 rings (SSSR count). The highest BCUT2D eigenvalue weighted by Gasteiger charge is 2.14. The van der Waals surface area contributed by atoms with Crippen LogP contribution in [0.25, 0.3) is 0 Å². The number of aryl methyl sites for hydroxylation is 1. The minimum absolute atomic E-state index is 0.00274. The molecule has 0 aliphatic heterocycles. The van der Waals surface area contributed by atoms with Gasteiger partial charge in [0.1, 0.15) is 0 Å². The minimum Gasteiger partial charge on any atom is -0.476 e. The summed E-state index contributed by atoms with van der Waals surface area (Å²) in [6.45, 7) is 3.89. The third kappa shape index (κ3) is 4.24. The molecule has 7 nitrogen and oxygen atoms in total. The van der Waals surface area contributed by atoms with Gasteiger partial charge < -0.3 is 10.4 Å². The molecule has 9 heteroatoms. The molecule has 0 radical (unpaired) electrons. The van der Waals surface area contributed by atoms with Crippen molar-refractivity contribution in [1.29, 1.82) is 0 Å². The average molecular weight is 293 g/mol. The number of carbonyl (C=O) groups is 1. The van der Waals surface area contributed by atoms with Crippen LogP contribution in [0.2, 0.25) is 0 Å². The summed E-state index contributed by atoms with van der Waals surface area (Å²) in [4.78, 5) is 15.2. The Morgan fingerprint density at radius 1 is 1.50 bits per heavy atom. The fraction of sp³-hybridized carbons (Fsp3) is 0.556. The molecule has 1 aromatic rings. The zero-order valence-corrected chi connectivity index (χ0v) is 11.7. The van der Waals surface area contributed by atoms with Crippen LogP contribution < -0.4 is 10.0 Å². The van der Waals surface area contributed by atoms with Gasteiger partial charge in [-0.1, -0.05) is 6.92 Å². The van der Waals surface area contributed by atoms with Crippen LogP contribution in [0.3, 0.4) is 0 Å². The molecule has 0 spiro atoms. The van der Waals surface area contributed by atoms with E-state index in [-0.39, 0.29) is 18.0 Å². The van der Waals surface area contributed by atoms with Gasteiger partial charge in [0.25, 0.3) is 0 Å². The number of aromatic nitrogens is 1. The Morgan fingerprint density at radius 2 is 2.17 bits per heavy atom. The van der Waals surface area contributed by atoms with Gasteiger partial charge in [-0.25, -0.2) is 22.9 Å². The summed E-state index contributed by atoms with van der Waals surface area (Å²) in [7, 11) is -3.27. The van der Waals surface area contributed by atoms with Crippen molar-refractivity contribution in [3.63, 3.8) is 0 Å². The fourth-order valence-electron chi connectivity index (χ4n) is 1.25. The number of nitrogens with one attached hydrogen (secondary N) is 2. The van der Waals surface area contributed by atoms with Gasteiger partial charge in [0, 0.05) is 18.0 Å². The summed E-state index contributed by atoms with van der Waals surface area (Å²) in [6, 6.07) is 0. The van der Waals surface area contributed by atoms with Crippen molar-refractivity contribution in [2.24, 2.45) is 0 Å². The van der Waals surface area contributed by atoms with Crippen molar-refractivity contribution in [3.8, 4) is 0 Å². The van der Waals surface area contributed by atoms with E-state index in [1.807, 2.05) is 0 Å². The molecular formula is C9H15N3O4S2. The van der Waals surface area contributed by atoms with Gasteiger partial charge >= 0.3 is 5.97 Å². The van der Waals surface area contributed by atoms with E-state index in [2.05, 4.69) is 15.0 Å². The summed E-state index contributed by atoms with van der Waals surface area (Å²) in [5.41, 5.74) is -0.00274. The number of hydrogen-bond acceptors (Lipinski definition) is 6. The summed E-state index contributed by atoms with van der Waals surface area (Å²) in [5.74, 6) is -1.17. The number of nitrogens with zero attached hydrogens (tertiary/aromatic N) is 1. The largest absolute Gasteiger partial charge is 0.476 e. The molecule has 0 amide bonds. The van der Waals surface area contributed by atoms with E-state index in [0.29, 0.717) is 16.6 Å². The fourth-order valence-corrected chi connectivity index (χ4v) is 3.04. The zero-order chi connectivity index (χ0) is 13.8. The molecule has 0 atom stereocenters. The molecule has 3 N–H and O–H groups in total. The maximum Gasteiger partial charge on any atom is 0.355 e. The maximum atomic E-state index is 11.3. The molecule has 0 aliphatic carbocycles. The van der Waals surface area contributed by atoms with Crippen molar-refractivity contribution in [1.82, 2.24) is 9.71 Å². The molecule has 0 aromatic carbocycles. The van der Waals surface area contributed by atoms with Gasteiger partial charge in [-0.2, -0.15) is 0 Å². The van der Waals surface area contributed by atoms with Crippen LogP contribution in [0.5, 0.6) is 0 Å². The lowest BCUT2D eigenvalue weighted by molar-refractivity contribution is 0.0690. The highest BCUT2D eigenvalue weighted by atomic mass is 32.2. The predicted molar refractivity (Wildman–Crippen MR) is 69.8 cm³/mol. The third-order valence-corrected chi connectivity index (χ3v) is 4.41. The standard InChI is InChI=1S/C9H15N3O4S2/c1-3-11-18(15,16)5-4-10-9-12-7(8(13)14)6(2)17-9/h11H,3-5H2,1-2H3,(H,10,12)(H,13,14). The molecule has 0 aliphatic rings. The Hall–Kier alpha value is -1.19. The summed E-state index contributed by atoms with van der Waals surface area (Å²) < 4.78 is 25.0. The molecule has 1 aromatic heterocycles. The monoisotopic (exact) mass is 293 g/mol. The topological polar surface area (TPSA) is 108 Å². The lowest BCUT2D eigenvalue weighted by atomic mass is 10.4. The Balaban J connectivity index is 2.55. The van der Waals surface area contributed by atoms with Gasteiger partial charge in [-0.3, -0.25) is 0 Å². The van der Waals surface area contributed by atoms with Crippen molar-refractivity contribution in [3.05, 3.63) is 10.6 Å². The van der Waals surface area contributed by atoms with Crippen LogP contribution >= 0.6 is 11.3 Å². The van der Waals surface area contributed by atoms with Crippen molar-refractivity contribution >= 4 is 32.5 Å². The first-order chi connectivity index (χ1) is 8.35. The summed E-state index contributed by atoms with van der Waals surface area (Å²) in [6.07, 6.45) is 0. The number of carboxylic acids is 1. The highest BCUT2D eigenvalue weighted by Crippen LogP contribution is 2.21. The quantitative estimate of drug-likeness (QED) is 0.675. The zero-order valence-electron chi connectivity index (χ0n) is 10.1. The minimum atomic E-state index is -3.27. The molecule has 0 fully saturated rings. The number of sulfonamides is 1. The number of anilines is 1. The summed E-state index contributed by atoms with van der Waals surface area (Å²) >= 11 is 1.19. The van der Waals surface area contributed by atoms with Crippen molar-refractivity contribution in [2.45, 2.75) is 13.8 Å². The number of hydrogen-bond donors (Lipinski definition) is 3. The predicted octanol–water partition coefficient (Wildman–Crippen LogP) is 0.501. The normalized spacial score (nSPS) is 11.4. The second-order valence-electron chi connectivity index (χ2n) is 3.47. The Bertz CT molecular complexity index is 524. The van der Waals surface area contributed by atoms with E-state index in [1.165, 1.54) is 11.3 Å². The van der Waals surface area contributed by atoms with Crippen LogP contribution in [0.1, 0.15) is 22.3 Å². The van der Waals surface area contributed by atoms with E-state index in [4.69, 9.17) is 5.11 Å². The smallest absolute Gasteiger partial charge is 0.355 e. The van der Waals surface area contributed by atoms with Crippen molar-refractivity contribution < 1.29 is 18.3 Å². The lowest BCUT2D eigenvalue weighted by Gasteiger charge is -2.04. The number of rotatable bonds is 7. The number of thiazole rings is 1. The molecule has 1 heterocycles. The van der Waals surface area contributed by atoms with E-state index in [1.54, 1.807) is 13.8 Å². The Labute approximate surface area is 109 Å². The van der Waals surface area contributed by atoms with Crippen molar-refractivity contribution in [2.75, 3.05) is 24.2 Å². The van der Waals surface area contributed by atoms with Gasteiger partial charge in [-0.05, 0) is 6.92 Å². The molecule has 18 heavy (non-hydrogen) atoms. The maximum absolute atomic E-state index is 11.3. The Kier molecular flexibility index (Phi) is 5.05. The SMILES string of the molecule is CCNS(=O)(=O)CCNc1nc(C(=O)O)c(C)s1.